The summed E-state index contributed by atoms with van der Waals surface area (Å²) >= 11 is 5.90. The highest BCUT2D eigenvalue weighted by Gasteiger charge is 2.32. The van der Waals surface area contributed by atoms with Crippen LogP contribution < -0.4 is 5.32 Å². The van der Waals surface area contributed by atoms with Crippen LogP contribution in [0.2, 0.25) is 5.02 Å². The van der Waals surface area contributed by atoms with Crippen LogP contribution in [0.5, 0.6) is 0 Å². The lowest BCUT2D eigenvalue weighted by molar-refractivity contribution is 0.142. The molecule has 2 heterocycles. The predicted molar refractivity (Wildman–Crippen MR) is 104 cm³/mol. The van der Waals surface area contributed by atoms with E-state index in [0.29, 0.717) is 29.0 Å². The minimum Gasteiger partial charge on any atom is -0.337 e. The fourth-order valence-electron chi connectivity index (χ4n) is 3.23. The summed E-state index contributed by atoms with van der Waals surface area (Å²) in [6.07, 6.45) is 2.76. The molecule has 1 aromatic heterocycles. The number of nitrogens with one attached hydrogen (secondary N) is 1. The molecule has 0 bridgehead atoms. The van der Waals surface area contributed by atoms with Crippen LogP contribution in [0.25, 0.3) is 11.4 Å². The van der Waals surface area contributed by atoms with Crippen LogP contribution in [0.15, 0.2) is 59.1 Å². The van der Waals surface area contributed by atoms with E-state index in [1.807, 2.05) is 30.3 Å². The quantitative estimate of drug-likeness (QED) is 0.680. The van der Waals surface area contributed by atoms with Crippen molar-refractivity contribution in [2.45, 2.75) is 25.3 Å². The Labute approximate surface area is 162 Å². The molecule has 1 N–H and O–H groups in total. The molecule has 0 radical (unpaired) electrons. The Morgan fingerprint density at radius 2 is 1.89 bits per heavy atom. The Bertz CT molecular complexity index is 911. The molecule has 0 spiro atoms. The minimum absolute atomic E-state index is 0.179. The van der Waals surface area contributed by atoms with Crippen molar-refractivity contribution >= 4 is 23.3 Å². The number of halogens is 1. The van der Waals surface area contributed by atoms with Crippen molar-refractivity contribution in [3.8, 4) is 11.4 Å². The molecule has 1 atom stereocenters. The summed E-state index contributed by atoms with van der Waals surface area (Å²) in [6.45, 7) is 0.646. The lowest BCUT2D eigenvalue weighted by Crippen LogP contribution is -2.41. The molecule has 7 heteroatoms. The number of hydrogen-bond acceptors (Lipinski definition) is 4. The first-order valence-electron chi connectivity index (χ1n) is 8.93. The number of likely N-dealkylation sites (tertiary alicyclic amines) is 1. The monoisotopic (exact) mass is 382 g/mol. The second-order valence-corrected chi connectivity index (χ2v) is 6.90. The standard InChI is InChI=1S/C20H19ClN4O2/c21-15-9-11-16(12-10-15)22-20(26)25-13-5-4-8-17(25)19-23-18(24-27-19)14-6-2-1-3-7-14/h1-3,6-7,9-12,17H,4-5,8,13H2,(H,22,26)/t17-/m1/s1. The molecule has 0 unspecified atom stereocenters. The molecule has 0 saturated carbocycles. The van der Waals surface area contributed by atoms with Gasteiger partial charge >= 0.3 is 6.03 Å². The zero-order valence-corrected chi connectivity index (χ0v) is 15.4. The minimum atomic E-state index is -0.226. The predicted octanol–water partition coefficient (Wildman–Crippen LogP) is 5.15. The van der Waals surface area contributed by atoms with Gasteiger partial charge in [0.15, 0.2) is 0 Å². The van der Waals surface area contributed by atoms with E-state index in [4.69, 9.17) is 16.1 Å². The van der Waals surface area contributed by atoms with Crippen LogP contribution in [0.4, 0.5) is 10.5 Å². The Kier molecular flexibility index (Phi) is 5.07. The summed E-state index contributed by atoms with van der Waals surface area (Å²) < 4.78 is 5.50. The number of carbonyl (C=O) groups excluding carboxylic acids is 1. The summed E-state index contributed by atoms with van der Waals surface area (Å²) in [4.78, 5) is 19.1. The van der Waals surface area contributed by atoms with Crippen molar-refractivity contribution in [3.63, 3.8) is 0 Å². The first kappa shape index (κ1) is 17.5. The van der Waals surface area contributed by atoms with Gasteiger partial charge in [-0.05, 0) is 43.5 Å². The van der Waals surface area contributed by atoms with Crippen LogP contribution in [0.1, 0.15) is 31.2 Å². The van der Waals surface area contributed by atoms with Crippen molar-refractivity contribution < 1.29 is 9.32 Å². The Morgan fingerprint density at radius 1 is 1.11 bits per heavy atom. The number of anilines is 1. The van der Waals surface area contributed by atoms with Gasteiger partial charge in [0.2, 0.25) is 11.7 Å². The van der Waals surface area contributed by atoms with E-state index in [2.05, 4.69) is 15.5 Å². The van der Waals surface area contributed by atoms with Gasteiger partial charge in [0, 0.05) is 22.8 Å². The van der Waals surface area contributed by atoms with Gasteiger partial charge in [-0.25, -0.2) is 4.79 Å². The highest BCUT2D eigenvalue weighted by Crippen LogP contribution is 2.31. The first-order valence-corrected chi connectivity index (χ1v) is 9.31. The molecule has 138 valence electrons. The van der Waals surface area contributed by atoms with E-state index in [-0.39, 0.29) is 12.1 Å². The Morgan fingerprint density at radius 3 is 2.67 bits per heavy atom. The van der Waals surface area contributed by atoms with Crippen LogP contribution in [0, 0.1) is 0 Å². The molecule has 0 aliphatic carbocycles. The van der Waals surface area contributed by atoms with Crippen LogP contribution >= 0.6 is 11.6 Å². The van der Waals surface area contributed by atoms with Crippen molar-refractivity contribution in [2.24, 2.45) is 0 Å². The number of amides is 2. The molecule has 3 aromatic rings. The number of rotatable bonds is 3. The second kappa shape index (κ2) is 7.80. The third kappa shape index (κ3) is 3.95. The van der Waals surface area contributed by atoms with Gasteiger partial charge in [-0.2, -0.15) is 4.98 Å². The van der Waals surface area contributed by atoms with E-state index < -0.39 is 0 Å². The van der Waals surface area contributed by atoms with Gasteiger partial charge in [-0.1, -0.05) is 47.1 Å². The van der Waals surface area contributed by atoms with E-state index in [1.165, 1.54) is 0 Å². The lowest BCUT2D eigenvalue weighted by Gasteiger charge is -2.33. The number of nitrogens with zero attached hydrogens (tertiary/aromatic N) is 3. The number of carbonyl (C=O) groups is 1. The summed E-state index contributed by atoms with van der Waals surface area (Å²) in [5, 5.41) is 7.63. The van der Waals surface area contributed by atoms with Crippen LogP contribution in [-0.2, 0) is 0 Å². The maximum atomic E-state index is 12.8. The molecule has 6 nitrogen and oxygen atoms in total. The van der Waals surface area contributed by atoms with Crippen molar-refractivity contribution in [3.05, 3.63) is 65.5 Å². The van der Waals surface area contributed by atoms with Gasteiger partial charge in [-0.15, -0.1) is 0 Å². The summed E-state index contributed by atoms with van der Waals surface area (Å²) in [5.41, 5.74) is 1.59. The highest BCUT2D eigenvalue weighted by molar-refractivity contribution is 6.30. The molecule has 1 aliphatic heterocycles. The molecule has 1 aliphatic rings. The second-order valence-electron chi connectivity index (χ2n) is 6.46. The van der Waals surface area contributed by atoms with Crippen LogP contribution in [-0.4, -0.2) is 27.6 Å². The number of piperidine rings is 1. The van der Waals surface area contributed by atoms with Crippen molar-refractivity contribution in [1.82, 2.24) is 15.0 Å². The Hall–Kier alpha value is -2.86. The normalized spacial score (nSPS) is 16.9. The van der Waals surface area contributed by atoms with E-state index in [0.717, 1.165) is 24.8 Å². The zero-order chi connectivity index (χ0) is 18.6. The van der Waals surface area contributed by atoms with Crippen LogP contribution in [0.3, 0.4) is 0 Å². The SMILES string of the molecule is O=C(Nc1ccc(Cl)cc1)N1CCCC[C@@H]1c1nc(-c2ccccc2)no1. The number of hydrogen-bond donors (Lipinski definition) is 1. The maximum Gasteiger partial charge on any atom is 0.322 e. The molecule has 1 fully saturated rings. The molecule has 2 aromatic carbocycles. The summed E-state index contributed by atoms with van der Waals surface area (Å²) in [6, 6.07) is 16.3. The topological polar surface area (TPSA) is 71.3 Å². The van der Waals surface area contributed by atoms with Gasteiger partial charge in [0.05, 0.1) is 0 Å². The molecule has 4 rings (SSSR count). The van der Waals surface area contributed by atoms with Gasteiger partial charge in [0.25, 0.3) is 0 Å². The molecular formula is C20H19ClN4O2. The fraction of sp³-hybridized carbons (Fsp3) is 0.250. The third-order valence-electron chi connectivity index (χ3n) is 4.62. The zero-order valence-electron chi connectivity index (χ0n) is 14.6. The fourth-order valence-corrected chi connectivity index (χ4v) is 3.36. The summed E-state index contributed by atoms with van der Waals surface area (Å²) in [7, 11) is 0. The average molecular weight is 383 g/mol. The summed E-state index contributed by atoms with van der Waals surface area (Å²) in [5.74, 6) is 1.01. The number of urea groups is 1. The van der Waals surface area contributed by atoms with Gasteiger partial charge < -0.3 is 14.7 Å². The maximum absolute atomic E-state index is 12.8. The lowest BCUT2D eigenvalue weighted by atomic mass is 10.0. The third-order valence-corrected chi connectivity index (χ3v) is 4.87. The highest BCUT2D eigenvalue weighted by atomic mass is 35.5. The molecular weight excluding hydrogens is 364 g/mol. The molecule has 27 heavy (non-hydrogen) atoms. The van der Waals surface area contributed by atoms with E-state index in [9.17, 15) is 4.79 Å². The Balaban J connectivity index is 1.53. The number of benzene rings is 2. The first-order chi connectivity index (χ1) is 13.2. The molecule has 1 saturated heterocycles. The average Bonchev–Trinajstić information content (AvgIpc) is 3.20. The van der Waals surface area contributed by atoms with E-state index in [1.54, 1.807) is 29.2 Å². The van der Waals surface area contributed by atoms with Gasteiger partial charge in [-0.3, -0.25) is 0 Å². The smallest absolute Gasteiger partial charge is 0.322 e. The van der Waals surface area contributed by atoms with Crippen molar-refractivity contribution in [1.29, 1.82) is 0 Å². The number of aromatic nitrogens is 2. The van der Waals surface area contributed by atoms with E-state index >= 15 is 0 Å². The van der Waals surface area contributed by atoms with Crippen molar-refractivity contribution in [2.75, 3.05) is 11.9 Å². The largest absolute Gasteiger partial charge is 0.337 e. The van der Waals surface area contributed by atoms with Gasteiger partial charge in [0.1, 0.15) is 6.04 Å². The molecule has 2 amide bonds.